The molecule has 8 heteroatoms. The Hall–Kier alpha value is -2.77. The number of amides is 3. The van der Waals surface area contributed by atoms with Crippen molar-refractivity contribution in [3.8, 4) is 11.5 Å². The van der Waals surface area contributed by atoms with E-state index in [1.165, 1.54) is 56.3 Å². The van der Waals surface area contributed by atoms with E-state index >= 15 is 0 Å². The number of carbonyl (C=O) groups excluding carboxylic acids is 3. The van der Waals surface area contributed by atoms with Gasteiger partial charge in [0.1, 0.15) is 23.6 Å². The molecule has 1 N–H and O–H groups in total. The first-order valence-electron chi connectivity index (χ1n) is 14.8. The van der Waals surface area contributed by atoms with E-state index in [-0.39, 0.29) is 11.8 Å². The number of hydrogen-bond donors (Lipinski definition) is 1. The second-order valence-electron chi connectivity index (χ2n) is 10.6. The summed E-state index contributed by atoms with van der Waals surface area (Å²) in [4.78, 5) is 42.4. The van der Waals surface area contributed by atoms with Crippen molar-refractivity contribution in [3.05, 3.63) is 24.3 Å². The van der Waals surface area contributed by atoms with Crippen LogP contribution in [0.4, 0.5) is 4.79 Å². The van der Waals surface area contributed by atoms with Crippen LogP contribution in [-0.4, -0.2) is 66.5 Å². The number of unbranched alkanes of at least 4 members (excludes halogenated alkanes) is 9. The highest BCUT2D eigenvalue weighted by atomic mass is 16.6. The van der Waals surface area contributed by atoms with E-state index in [4.69, 9.17) is 9.47 Å². The minimum Gasteiger partial charge on any atom is -0.497 e. The van der Waals surface area contributed by atoms with Crippen molar-refractivity contribution in [3.63, 3.8) is 0 Å². The van der Waals surface area contributed by atoms with Crippen LogP contribution < -0.4 is 14.8 Å². The van der Waals surface area contributed by atoms with Gasteiger partial charge in [-0.15, -0.1) is 0 Å². The summed E-state index contributed by atoms with van der Waals surface area (Å²) in [6, 6.07) is 5.73. The summed E-state index contributed by atoms with van der Waals surface area (Å²) in [5, 5.41) is 3.05. The fourth-order valence-electron chi connectivity index (χ4n) is 5.48. The zero-order valence-corrected chi connectivity index (χ0v) is 23.4. The normalized spacial score (nSPS) is 19.0. The van der Waals surface area contributed by atoms with Crippen molar-refractivity contribution < 1.29 is 23.9 Å². The Balaban J connectivity index is 1.39. The molecule has 0 aliphatic carbocycles. The molecule has 38 heavy (non-hydrogen) atoms. The molecule has 2 fully saturated rings. The van der Waals surface area contributed by atoms with Gasteiger partial charge < -0.3 is 19.7 Å². The zero-order valence-electron chi connectivity index (χ0n) is 23.4. The summed E-state index contributed by atoms with van der Waals surface area (Å²) in [6.07, 6.45) is 14.8. The Kier molecular flexibility index (Phi) is 12.7. The van der Waals surface area contributed by atoms with Gasteiger partial charge in [0.25, 0.3) is 0 Å². The Bertz CT molecular complexity index is 875. The third-order valence-electron chi connectivity index (χ3n) is 7.71. The van der Waals surface area contributed by atoms with Gasteiger partial charge in [0.05, 0.1) is 7.11 Å². The maximum absolute atomic E-state index is 13.5. The molecular weight excluding hydrogens is 482 g/mol. The number of likely N-dealkylation sites (tertiary alicyclic amines) is 2. The van der Waals surface area contributed by atoms with Crippen molar-refractivity contribution in [2.75, 3.05) is 26.7 Å². The lowest BCUT2D eigenvalue weighted by Gasteiger charge is -2.30. The first kappa shape index (κ1) is 29.8. The van der Waals surface area contributed by atoms with Crippen LogP contribution in [0, 0.1) is 0 Å². The molecule has 0 spiro atoms. The van der Waals surface area contributed by atoms with E-state index in [1.807, 2.05) is 0 Å². The van der Waals surface area contributed by atoms with Gasteiger partial charge in [-0.1, -0.05) is 64.7 Å². The van der Waals surface area contributed by atoms with E-state index in [1.54, 1.807) is 36.3 Å². The smallest absolute Gasteiger partial charge is 0.415 e. The number of methoxy groups -OCH3 is 1. The van der Waals surface area contributed by atoms with Crippen molar-refractivity contribution >= 4 is 17.9 Å². The highest BCUT2D eigenvalue weighted by molar-refractivity contribution is 5.92. The van der Waals surface area contributed by atoms with Crippen LogP contribution in [0.3, 0.4) is 0 Å². The summed E-state index contributed by atoms with van der Waals surface area (Å²) < 4.78 is 10.7. The maximum Gasteiger partial charge on any atom is 0.415 e. The number of nitrogens with one attached hydrogen (secondary N) is 1. The third kappa shape index (κ3) is 8.91. The van der Waals surface area contributed by atoms with Crippen LogP contribution in [0.2, 0.25) is 0 Å². The van der Waals surface area contributed by atoms with Crippen LogP contribution in [0.15, 0.2) is 24.3 Å². The summed E-state index contributed by atoms with van der Waals surface area (Å²) in [6.45, 7) is 3.91. The molecule has 2 atom stereocenters. The first-order valence-corrected chi connectivity index (χ1v) is 14.8. The molecule has 8 nitrogen and oxygen atoms in total. The molecule has 0 radical (unpaired) electrons. The van der Waals surface area contributed by atoms with Crippen LogP contribution in [0.5, 0.6) is 11.5 Å². The molecule has 1 aromatic rings. The Labute approximate surface area is 228 Å². The number of rotatable bonds is 15. The number of hydrogen-bond acceptors (Lipinski definition) is 5. The van der Waals surface area contributed by atoms with E-state index in [2.05, 4.69) is 12.2 Å². The van der Waals surface area contributed by atoms with Gasteiger partial charge in [0.2, 0.25) is 11.8 Å². The molecule has 0 aromatic heterocycles. The average Bonchev–Trinajstić information content (AvgIpc) is 3.62. The molecule has 3 amide bonds. The minimum absolute atomic E-state index is 0.0721. The minimum atomic E-state index is -0.587. The molecule has 0 bridgehead atoms. The van der Waals surface area contributed by atoms with Gasteiger partial charge >= 0.3 is 6.09 Å². The van der Waals surface area contributed by atoms with E-state index in [0.29, 0.717) is 44.0 Å². The Morgan fingerprint density at radius 3 is 1.97 bits per heavy atom. The molecule has 2 heterocycles. The number of benzene rings is 1. The van der Waals surface area contributed by atoms with Crippen molar-refractivity contribution in [2.45, 2.75) is 109 Å². The largest absolute Gasteiger partial charge is 0.497 e. The lowest BCUT2D eigenvalue weighted by atomic mass is 10.1. The zero-order chi connectivity index (χ0) is 27.2. The Morgan fingerprint density at radius 1 is 0.789 bits per heavy atom. The number of nitrogens with zero attached hydrogens (tertiary/aromatic N) is 2. The summed E-state index contributed by atoms with van der Waals surface area (Å²) in [7, 11) is 1.57. The SMILES string of the molecule is CCCCCCCCCCCCNC(=O)C1CCCN1C(=O)C1CCCN1C(=O)Oc1ccc(OC)cc1. The van der Waals surface area contributed by atoms with Gasteiger partial charge in [0.15, 0.2) is 0 Å². The molecule has 2 saturated heterocycles. The van der Waals surface area contributed by atoms with Crippen molar-refractivity contribution in [1.29, 1.82) is 0 Å². The number of carbonyl (C=O) groups is 3. The first-order chi connectivity index (χ1) is 18.5. The average molecular weight is 530 g/mol. The fraction of sp³-hybridized carbons (Fsp3) is 0.700. The lowest BCUT2D eigenvalue weighted by molar-refractivity contribution is -0.141. The van der Waals surface area contributed by atoms with Gasteiger partial charge in [-0.3, -0.25) is 14.5 Å². The maximum atomic E-state index is 13.5. The van der Waals surface area contributed by atoms with Crippen LogP contribution >= 0.6 is 0 Å². The summed E-state index contributed by atoms with van der Waals surface area (Å²) in [5.41, 5.74) is 0. The van der Waals surface area contributed by atoms with Gasteiger partial charge in [0, 0.05) is 19.6 Å². The second-order valence-corrected chi connectivity index (χ2v) is 10.6. The molecule has 212 valence electrons. The molecular formula is C30H47N3O5. The molecule has 0 saturated carbocycles. The lowest BCUT2D eigenvalue weighted by Crippen LogP contribution is -2.53. The topological polar surface area (TPSA) is 88.2 Å². The Morgan fingerprint density at radius 2 is 1.34 bits per heavy atom. The highest BCUT2D eigenvalue weighted by Gasteiger charge is 2.42. The van der Waals surface area contributed by atoms with Crippen molar-refractivity contribution in [2.24, 2.45) is 0 Å². The fourth-order valence-corrected chi connectivity index (χ4v) is 5.48. The molecule has 2 unspecified atom stereocenters. The molecule has 3 rings (SSSR count). The van der Waals surface area contributed by atoms with E-state index in [9.17, 15) is 14.4 Å². The van der Waals surface area contributed by atoms with E-state index in [0.717, 1.165) is 25.7 Å². The predicted molar refractivity (Wildman–Crippen MR) is 148 cm³/mol. The monoisotopic (exact) mass is 529 g/mol. The molecule has 2 aliphatic rings. The van der Waals surface area contributed by atoms with Gasteiger partial charge in [-0.05, 0) is 56.4 Å². The molecule has 2 aliphatic heterocycles. The van der Waals surface area contributed by atoms with E-state index < -0.39 is 18.2 Å². The summed E-state index contributed by atoms with van der Waals surface area (Å²) in [5.74, 6) is 0.854. The second kappa shape index (κ2) is 16.2. The van der Waals surface area contributed by atoms with Gasteiger partial charge in [-0.25, -0.2) is 4.79 Å². The quantitative estimate of drug-likeness (QED) is 0.295. The third-order valence-corrected chi connectivity index (χ3v) is 7.71. The van der Waals surface area contributed by atoms with Crippen molar-refractivity contribution in [1.82, 2.24) is 15.1 Å². The van der Waals surface area contributed by atoms with Gasteiger partial charge in [-0.2, -0.15) is 0 Å². The van der Waals surface area contributed by atoms with Crippen LogP contribution in [0.1, 0.15) is 96.8 Å². The molecule has 1 aromatic carbocycles. The summed E-state index contributed by atoms with van der Waals surface area (Å²) >= 11 is 0. The number of ether oxygens (including phenoxy) is 2. The van der Waals surface area contributed by atoms with Crippen LogP contribution in [0.25, 0.3) is 0 Å². The van der Waals surface area contributed by atoms with Crippen LogP contribution in [-0.2, 0) is 9.59 Å². The predicted octanol–water partition coefficient (Wildman–Crippen LogP) is 5.69. The standard InChI is InChI=1S/C30H47N3O5/c1-3-4-5-6-7-8-9-10-11-12-21-31-28(34)26-15-13-22-32(26)29(35)27-16-14-23-33(27)30(36)38-25-19-17-24(37-2)18-20-25/h17-20,26-27H,3-16,21-23H2,1-2H3,(H,31,34). The highest BCUT2D eigenvalue weighted by Crippen LogP contribution is 2.26.